The number of nitro benzene ring substituents is 1. The van der Waals surface area contributed by atoms with Crippen molar-refractivity contribution < 1.29 is 14.5 Å². The predicted molar refractivity (Wildman–Crippen MR) is 147 cm³/mol. The van der Waals surface area contributed by atoms with E-state index in [1.54, 1.807) is 6.07 Å². The minimum atomic E-state index is -0.469. The fraction of sp³-hybridized carbons (Fsp3) is 0.241. The Morgan fingerprint density at radius 2 is 1.68 bits per heavy atom. The number of amides is 2. The van der Waals surface area contributed by atoms with Crippen molar-refractivity contribution in [1.29, 1.82) is 0 Å². The minimum absolute atomic E-state index is 0.0889. The molecule has 3 N–H and O–H groups in total. The van der Waals surface area contributed by atoms with Gasteiger partial charge in [-0.2, -0.15) is 0 Å². The van der Waals surface area contributed by atoms with Gasteiger partial charge in [0.05, 0.1) is 16.2 Å². The smallest absolute Gasteiger partial charge is 0.270 e. The lowest BCUT2D eigenvalue weighted by atomic mass is 9.98. The number of anilines is 2. The lowest BCUT2D eigenvalue weighted by molar-refractivity contribution is -0.384. The first-order valence-electron chi connectivity index (χ1n) is 12.6. The number of hydrogen-bond donors (Lipinski definition) is 3. The Hall–Kier alpha value is -4.50. The van der Waals surface area contributed by atoms with E-state index in [4.69, 9.17) is 0 Å². The van der Waals surface area contributed by atoms with Gasteiger partial charge in [0, 0.05) is 49.1 Å². The van der Waals surface area contributed by atoms with Gasteiger partial charge >= 0.3 is 0 Å². The van der Waals surface area contributed by atoms with Gasteiger partial charge in [-0.15, -0.1) is 0 Å². The Morgan fingerprint density at radius 3 is 2.34 bits per heavy atom. The molecule has 9 nitrogen and oxygen atoms in total. The summed E-state index contributed by atoms with van der Waals surface area (Å²) in [6.07, 6.45) is 2.48. The SMILES string of the molecule is CC(=O)NCc1ccc(C(Nc2ccc(CN3CCCC3)cc2)=C2C(=O)Nc3ccc([N+](=O)[O-])cc32)cc1. The van der Waals surface area contributed by atoms with Crippen molar-refractivity contribution in [3.8, 4) is 0 Å². The normalized spacial score (nSPS) is 16.1. The molecule has 0 saturated carbocycles. The third kappa shape index (κ3) is 5.57. The van der Waals surface area contributed by atoms with Crippen LogP contribution in [0.5, 0.6) is 0 Å². The summed E-state index contributed by atoms with van der Waals surface area (Å²) in [5.41, 5.74) is 5.44. The highest BCUT2D eigenvalue weighted by molar-refractivity contribution is 6.37. The third-order valence-electron chi connectivity index (χ3n) is 6.82. The summed E-state index contributed by atoms with van der Waals surface area (Å²) in [6.45, 7) is 5.00. The van der Waals surface area contributed by atoms with Crippen LogP contribution < -0.4 is 16.0 Å². The van der Waals surface area contributed by atoms with Gasteiger partial charge in [-0.25, -0.2) is 0 Å². The van der Waals surface area contributed by atoms with Crippen LogP contribution in [0.4, 0.5) is 17.1 Å². The molecule has 3 aromatic rings. The number of nitro groups is 1. The molecule has 0 aliphatic carbocycles. The molecule has 38 heavy (non-hydrogen) atoms. The Kier molecular flexibility index (Phi) is 7.19. The fourth-order valence-electron chi connectivity index (χ4n) is 4.85. The zero-order valence-corrected chi connectivity index (χ0v) is 21.1. The van der Waals surface area contributed by atoms with E-state index in [9.17, 15) is 19.7 Å². The number of hydrogen-bond acceptors (Lipinski definition) is 6. The molecule has 1 fully saturated rings. The summed E-state index contributed by atoms with van der Waals surface area (Å²) in [5.74, 6) is -0.455. The highest BCUT2D eigenvalue weighted by Crippen LogP contribution is 2.39. The quantitative estimate of drug-likeness (QED) is 0.228. The lowest BCUT2D eigenvalue weighted by Gasteiger charge is -2.17. The van der Waals surface area contributed by atoms with E-state index in [-0.39, 0.29) is 17.5 Å². The first-order valence-corrected chi connectivity index (χ1v) is 12.6. The monoisotopic (exact) mass is 511 g/mol. The molecular weight excluding hydrogens is 482 g/mol. The highest BCUT2D eigenvalue weighted by atomic mass is 16.6. The molecule has 0 atom stereocenters. The second-order valence-corrected chi connectivity index (χ2v) is 9.60. The Bertz CT molecular complexity index is 1410. The molecule has 0 bridgehead atoms. The molecule has 194 valence electrons. The number of carbonyl (C=O) groups excluding carboxylic acids is 2. The van der Waals surface area contributed by atoms with Crippen LogP contribution in [-0.4, -0.2) is 34.7 Å². The fourth-order valence-corrected chi connectivity index (χ4v) is 4.85. The van der Waals surface area contributed by atoms with E-state index in [1.807, 2.05) is 36.4 Å². The van der Waals surface area contributed by atoms with E-state index in [1.165, 1.54) is 37.5 Å². The zero-order valence-electron chi connectivity index (χ0n) is 21.1. The Balaban J connectivity index is 1.52. The number of non-ortho nitro benzene ring substituents is 1. The molecule has 0 unspecified atom stereocenters. The standard InChI is InChI=1S/C29H29N5O4/c1-19(35)30-17-20-4-8-22(9-5-20)28(27-25-16-24(34(37)38)12-13-26(25)32-29(27)36)31-23-10-6-21(7-11-23)18-33-14-2-3-15-33/h4-13,16,31H,2-3,14-15,17-18H2,1H3,(H,30,35)(H,32,36). The molecule has 3 aromatic carbocycles. The lowest BCUT2D eigenvalue weighted by Crippen LogP contribution is -2.18. The number of nitrogens with one attached hydrogen (secondary N) is 3. The molecule has 2 aliphatic rings. The summed E-state index contributed by atoms with van der Waals surface area (Å²) >= 11 is 0. The van der Waals surface area contributed by atoms with Crippen LogP contribution in [0.2, 0.25) is 0 Å². The van der Waals surface area contributed by atoms with E-state index >= 15 is 0 Å². The maximum atomic E-state index is 13.2. The van der Waals surface area contributed by atoms with Gasteiger partial charge < -0.3 is 16.0 Å². The molecule has 2 heterocycles. The average Bonchev–Trinajstić information content (AvgIpc) is 3.53. The predicted octanol–water partition coefficient (Wildman–Crippen LogP) is 4.76. The third-order valence-corrected chi connectivity index (χ3v) is 6.82. The summed E-state index contributed by atoms with van der Waals surface area (Å²) in [6, 6.07) is 20.0. The van der Waals surface area contributed by atoms with Crippen LogP contribution in [0.15, 0.2) is 66.7 Å². The molecule has 1 saturated heterocycles. The molecule has 5 rings (SSSR count). The first kappa shape index (κ1) is 25.2. The van der Waals surface area contributed by atoms with Crippen molar-refractivity contribution in [2.45, 2.75) is 32.9 Å². The Morgan fingerprint density at radius 1 is 1.00 bits per heavy atom. The molecule has 0 aromatic heterocycles. The maximum Gasteiger partial charge on any atom is 0.270 e. The number of likely N-dealkylation sites (tertiary alicyclic amines) is 1. The van der Waals surface area contributed by atoms with Gasteiger partial charge in [0.2, 0.25) is 5.91 Å². The number of nitrogens with zero attached hydrogens (tertiary/aromatic N) is 2. The molecule has 0 spiro atoms. The summed E-state index contributed by atoms with van der Waals surface area (Å²) in [7, 11) is 0. The van der Waals surface area contributed by atoms with Gasteiger partial charge in [-0.3, -0.25) is 24.6 Å². The average molecular weight is 512 g/mol. The van der Waals surface area contributed by atoms with Crippen LogP contribution in [0, 0.1) is 10.1 Å². The number of fused-ring (bicyclic) bond motifs is 1. The largest absolute Gasteiger partial charge is 0.354 e. The van der Waals surface area contributed by atoms with Crippen LogP contribution >= 0.6 is 0 Å². The van der Waals surface area contributed by atoms with Gasteiger partial charge in [0.1, 0.15) is 0 Å². The number of carbonyl (C=O) groups is 2. The summed E-state index contributed by atoms with van der Waals surface area (Å²) in [4.78, 5) is 37.9. The van der Waals surface area contributed by atoms with Crippen molar-refractivity contribution in [1.82, 2.24) is 10.2 Å². The maximum absolute atomic E-state index is 13.2. The highest BCUT2D eigenvalue weighted by Gasteiger charge is 2.30. The second kappa shape index (κ2) is 10.9. The van der Waals surface area contributed by atoms with Gasteiger partial charge in [-0.1, -0.05) is 36.4 Å². The minimum Gasteiger partial charge on any atom is -0.354 e. The molecule has 2 aliphatic heterocycles. The van der Waals surface area contributed by atoms with E-state index in [2.05, 4.69) is 33.0 Å². The van der Waals surface area contributed by atoms with Crippen molar-refractivity contribution in [2.24, 2.45) is 0 Å². The number of benzene rings is 3. The first-order chi connectivity index (χ1) is 18.4. The van der Waals surface area contributed by atoms with Crippen molar-refractivity contribution >= 4 is 40.1 Å². The van der Waals surface area contributed by atoms with Gasteiger partial charge in [-0.05, 0) is 60.8 Å². The van der Waals surface area contributed by atoms with Crippen molar-refractivity contribution in [2.75, 3.05) is 23.7 Å². The van der Waals surface area contributed by atoms with E-state index < -0.39 is 4.92 Å². The van der Waals surface area contributed by atoms with Crippen LogP contribution in [0.1, 0.15) is 42.0 Å². The van der Waals surface area contributed by atoms with Gasteiger partial charge in [0.15, 0.2) is 0 Å². The van der Waals surface area contributed by atoms with Crippen molar-refractivity contribution in [3.05, 3.63) is 99.1 Å². The molecule has 9 heteroatoms. The van der Waals surface area contributed by atoms with Crippen LogP contribution in [-0.2, 0) is 22.7 Å². The summed E-state index contributed by atoms with van der Waals surface area (Å²) < 4.78 is 0. The van der Waals surface area contributed by atoms with Crippen LogP contribution in [0.25, 0.3) is 11.3 Å². The molecular formula is C29H29N5O4. The van der Waals surface area contributed by atoms with Gasteiger partial charge in [0.25, 0.3) is 11.6 Å². The van der Waals surface area contributed by atoms with E-state index in [0.29, 0.717) is 29.1 Å². The van der Waals surface area contributed by atoms with Crippen molar-refractivity contribution in [3.63, 3.8) is 0 Å². The topological polar surface area (TPSA) is 117 Å². The number of rotatable bonds is 8. The van der Waals surface area contributed by atoms with E-state index in [0.717, 1.165) is 36.4 Å². The second-order valence-electron chi connectivity index (χ2n) is 9.60. The van der Waals surface area contributed by atoms with Crippen LogP contribution in [0.3, 0.4) is 0 Å². The molecule has 2 amide bonds. The zero-order chi connectivity index (χ0) is 26.6. The Labute approximate surface area is 220 Å². The summed E-state index contributed by atoms with van der Waals surface area (Å²) in [5, 5.41) is 20.5. The molecule has 0 radical (unpaired) electrons.